The van der Waals surface area contributed by atoms with Gasteiger partial charge in [0, 0.05) is 23.0 Å². The van der Waals surface area contributed by atoms with Crippen LogP contribution in [0, 0.1) is 5.41 Å². The maximum Gasteiger partial charge on any atom is 0.0812 e. The van der Waals surface area contributed by atoms with E-state index >= 15 is 0 Å². The van der Waals surface area contributed by atoms with Gasteiger partial charge in [-0.2, -0.15) is 0 Å². The summed E-state index contributed by atoms with van der Waals surface area (Å²) < 4.78 is 2.45. The molecule has 2 aliphatic rings. The maximum atomic E-state index is 10.3. The van der Waals surface area contributed by atoms with Gasteiger partial charge in [0.25, 0.3) is 0 Å². The van der Waals surface area contributed by atoms with Gasteiger partial charge < -0.3 is 9.67 Å². The van der Waals surface area contributed by atoms with Gasteiger partial charge in [-0.1, -0.05) is 13.8 Å². The summed E-state index contributed by atoms with van der Waals surface area (Å²) >= 11 is 0. The van der Waals surface area contributed by atoms with Gasteiger partial charge >= 0.3 is 0 Å². The van der Waals surface area contributed by atoms with E-state index < -0.39 is 0 Å². The molecule has 0 aromatic carbocycles. The van der Waals surface area contributed by atoms with Crippen LogP contribution in [-0.2, 0) is 12.0 Å². The summed E-state index contributed by atoms with van der Waals surface area (Å²) in [6.07, 6.45) is 7.83. The topological polar surface area (TPSA) is 25.2 Å². The Kier molecular flexibility index (Phi) is 2.25. The lowest BCUT2D eigenvalue weighted by molar-refractivity contribution is 0.0911. The molecule has 0 amide bonds. The quantitative estimate of drug-likeness (QED) is 0.790. The first kappa shape index (κ1) is 11.3. The fourth-order valence-electron chi connectivity index (χ4n) is 3.56. The Morgan fingerprint density at radius 1 is 1.29 bits per heavy atom. The van der Waals surface area contributed by atoms with E-state index in [1.807, 2.05) is 0 Å². The number of rotatable bonds is 1. The normalized spacial score (nSPS) is 29.5. The molecule has 1 aromatic heterocycles. The minimum atomic E-state index is -0.265. The minimum absolute atomic E-state index is 0.225. The van der Waals surface area contributed by atoms with Gasteiger partial charge in [0.1, 0.15) is 0 Å². The highest BCUT2D eigenvalue weighted by Crippen LogP contribution is 2.46. The molecule has 1 atom stereocenters. The van der Waals surface area contributed by atoms with Gasteiger partial charge in [0.2, 0.25) is 0 Å². The van der Waals surface area contributed by atoms with Crippen LogP contribution in [0.2, 0.25) is 0 Å². The van der Waals surface area contributed by atoms with Gasteiger partial charge in [0.05, 0.1) is 6.10 Å². The molecule has 1 fully saturated rings. The summed E-state index contributed by atoms with van der Waals surface area (Å²) in [5.74, 6) is 0. The van der Waals surface area contributed by atoms with Crippen LogP contribution in [0.4, 0.5) is 0 Å². The van der Waals surface area contributed by atoms with Crippen molar-refractivity contribution in [2.24, 2.45) is 5.41 Å². The SMILES string of the molecule is CC1(C)Cc2c(ccn2C2(C)CCC2)C(O)C1. The second kappa shape index (κ2) is 3.38. The van der Waals surface area contributed by atoms with Crippen molar-refractivity contribution in [2.75, 3.05) is 0 Å². The highest BCUT2D eigenvalue weighted by molar-refractivity contribution is 5.31. The number of nitrogens with zero attached hydrogens (tertiary/aromatic N) is 1. The average molecular weight is 233 g/mol. The Labute approximate surface area is 104 Å². The number of hydrogen-bond donors (Lipinski definition) is 1. The molecule has 1 saturated carbocycles. The Morgan fingerprint density at radius 3 is 2.59 bits per heavy atom. The Bertz CT molecular complexity index is 440. The Hall–Kier alpha value is -0.760. The second-order valence-corrected chi connectivity index (χ2v) is 7.00. The first-order valence-corrected chi connectivity index (χ1v) is 6.80. The summed E-state index contributed by atoms with van der Waals surface area (Å²) in [6.45, 7) is 6.88. The van der Waals surface area contributed by atoms with Crippen molar-refractivity contribution in [2.45, 2.75) is 64.5 Å². The van der Waals surface area contributed by atoms with E-state index in [4.69, 9.17) is 0 Å². The molecule has 2 nitrogen and oxygen atoms in total. The number of aliphatic hydroxyl groups is 1. The third-order valence-corrected chi connectivity index (χ3v) is 4.79. The summed E-state index contributed by atoms with van der Waals surface area (Å²) in [5, 5.41) is 10.3. The summed E-state index contributed by atoms with van der Waals surface area (Å²) in [6, 6.07) is 2.14. The second-order valence-electron chi connectivity index (χ2n) is 7.00. The number of aliphatic hydroxyl groups excluding tert-OH is 1. The molecular weight excluding hydrogens is 210 g/mol. The van der Waals surface area contributed by atoms with Crippen molar-refractivity contribution in [1.29, 1.82) is 0 Å². The van der Waals surface area contributed by atoms with Gasteiger partial charge in [-0.05, 0) is 50.5 Å². The van der Waals surface area contributed by atoms with Crippen molar-refractivity contribution in [3.8, 4) is 0 Å². The van der Waals surface area contributed by atoms with Crippen LogP contribution in [0.3, 0.4) is 0 Å². The van der Waals surface area contributed by atoms with Crippen molar-refractivity contribution >= 4 is 0 Å². The van der Waals surface area contributed by atoms with Crippen LogP contribution in [-0.4, -0.2) is 9.67 Å². The van der Waals surface area contributed by atoms with E-state index in [1.165, 1.54) is 30.5 Å². The zero-order valence-corrected chi connectivity index (χ0v) is 11.2. The van der Waals surface area contributed by atoms with Crippen LogP contribution in [0.1, 0.15) is 63.8 Å². The lowest BCUT2D eigenvalue weighted by Gasteiger charge is -2.43. The lowest BCUT2D eigenvalue weighted by atomic mass is 9.74. The molecule has 0 aliphatic heterocycles. The van der Waals surface area contributed by atoms with E-state index in [-0.39, 0.29) is 11.5 Å². The third-order valence-electron chi connectivity index (χ3n) is 4.79. The van der Waals surface area contributed by atoms with Crippen LogP contribution in [0.25, 0.3) is 0 Å². The minimum Gasteiger partial charge on any atom is -0.388 e. The monoisotopic (exact) mass is 233 g/mol. The molecule has 2 heteroatoms. The van der Waals surface area contributed by atoms with Gasteiger partial charge in [-0.3, -0.25) is 0 Å². The predicted octanol–water partition coefficient (Wildman–Crippen LogP) is 3.39. The van der Waals surface area contributed by atoms with Crippen molar-refractivity contribution < 1.29 is 5.11 Å². The molecule has 94 valence electrons. The number of hydrogen-bond acceptors (Lipinski definition) is 1. The molecule has 3 rings (SSSR count). The zero-order valence-electron chi connectivity index (χ0n) is 11.2. The van der Waals surface area contributed by atoms with Crippen molar-refractivity contribution in [1.82, 2.24) is 4.57 Å². The predicted molar refractivity (Wildman–Crippen MR) is 69.0 cm³/mol. The van der Waals surface area contributed by atoms with E-state index in [9.17, 15) is 5.11 Å². The zero-order chi connectivity index (χ0) is 12.3. The third kappa shape index (κ3) is 1.65. The first-order chi connectivity index (χ1) is 7.91. The number of fused-ring (bicyclic) bond motifs is 1. The van der Waals surface area contributed by atoms with E-state index in [2.05, 4.69) is 37.6 Å². The lowest BCUT2D eigenvalue weighted by Crippen LogP contribution is -2.39. The average Bonchev–Trinajstić information content (AvgIpc) is 2.56. The molecule has 17 heavy (non-hydrogen) atoms. The van der Waals surface area contributed by atoms with Crippen molar-refractivity contribution in [3.05, 3.63) is 23.5 Å². The van der Waals surface area contributed by atoms with Gasteiger partial charge in [-0.15, -0.1) is 0 Å². The van der Waals surface area contributed by atoms with E-state index in [0.717, 1.165) is 12.8 Å². The molecule has 1 N–H and O–H groups in total. The molecule has 0 bridgehead atoms. The van der Waals surface area contributed by atoms with Crippen LogP contribution >= 0.6 is 0 Å². The molecule has 1 unspecified atom stereocenters. The molecule has 2 aliphatic carbocycles. The highest BCUT2D eigenvalue weighted by atomic mass is 16.3. The van der Waals surface area contributed by atoms with Gasteiger partial charge in [0.15, 0.2) is 0 Å². The van der Waals surface area contributed by atoms with Crippen LogP contribution in [0.5, 0.6) is 0 Å². The fraction of sp³-hybridized carbons (Fsp3) is 0.733. The van der Waals surface area contributed by atoms with Crippen LogP contribution < -0.4 is 0 Å². The molecule has 0 saturated heterocycles. The highest BCUT2D eigenvalue weighted by Gasteiger charge is 2.39. The molecule has 1 aromatic rings. The van der Waals surface area contributed by atoms with Crippen molar-refractivity contribution in [3.63, 3.8) is 0 Å². The van der Waals surface area contributed by atoms with E-state index in [1.54, 1.807) is 0 Å². The summed E-state index contributed by atoms with van der Waals surface area (Å²) in [5.41, 5.74) is 3.11. The molecular formula is C15H23NO. The largest absolute Gasteiger partial charge is 0.388 e. The van der Waals surface area contributed by atoms with Crippen LogP contribution in [0.15, 0.2) is 12.3 Å². The fourth-order valence-corrected chi connectivity index (χ4v) is 3.56. The van der Waals surface area contributed by atoms with Gasteiger partial charge in [-0.25, -0.2) is 0 Å². The first-order valence-electron chi connectivity index (χ1n) is 6.80. The van der Waals surface area contributed by atoms with E-state index in [0.29, 0.717) is 5.54 Å². The molecule has 1 heterocycles. The number of aromatic nitrogens is 1. The maximum absolute atomic E-state index is 10.3. The standard InChI is InChI=1S/C15H23NO/c1-14(2)9-12-11(13(17)10-14)5-8-16(12)15(3)6-4-7-15/h5,8,13,17H,4,6-7,9-10H2,1-3H3. The summed E-state index contributed by atoms with van der Waals surface area (Å²) in [7, 11) is 0. The molecule has 0 spiro atoms. The smallest absolute Gasteiger partial charge is 0.0812 e. The summed E-state index contributed by atoms with van der Waals surface area (Å²) in [4.78, 5) is 0. The Balaban J connectivity index is 2.04. The molecule has 0 radical (unpaired) electrons. The Morgan fingerprint density at radius 2 is 2.00 bits per heavy atom.